The van der Waals surface area contributed by atoms with Crippen molar-refractivity contribution in [2.24, 2.45) is 15.2 Å². The maximum absolute atomic E-state index is 12.2. The third kappa shape index (κ3) is 4.68. The van der Waals surface area contributed by atoms with Crippen molar-refractivity contribution in [3.05, 3.63) is 98.7 Å². The molecule has 1 aliphatic rings. The van der Waals surface area contributed by atoms with Gasteiger partial charge in [-0.05, 0) is 60.7 Å². The standard InChI is InChI=1S/C22H13ClN4O5/c23-15-3-1-13(2-4-15)21-24-19(22(29)32-21)12-14-11-17(7-10-20(14)28)26-25-16-5-8-18(9-6-16)27(30)31/h1-12,28H/b19-12+,26-25?. The summed E-state index contributed by atoms with van der Waals surface area (Å²) >= 11 is 5.87. The molecule has 1 heterocycles. The van der Waals surface area contributed by atoms with Crippen molar-refractivity contribution < 1.29 is 19.6 Å². The lowest BCUT2D eigenvalue weighted by Crippen LogP contribution is -2.05. The van der Waals surface area contributed by atoms with Crippen molar-refractivity contribution >= 4 is 46.6 Å². The first-order valence-electron chi connectivity index (χ1n) is 9.17. The Morgan fingerprint density at radius 1 is 1.00 bits per heavy atom. The van der Waals surface area contributed by atoms with Crippen LogP contribution in [0.1, 0.15) is 11.1 Å². The van der Waals surface area contributed by atoms with Crippen molar-refractivity contribution in [2.75, 3.05) is 0 Å². The third-order valence-corrected chi connectivity index (χ3v) is 4.61. The number of cyclic esters (lactones) is 1. The number of nitro benzene ring substituents is 1. The van der Waals surface area contributed by atoms with Crippen LogP contribution >= 0.6 is 11.6 Å². The molecule has 0 atom stereocenters. The molecule has 0 spiro atoms. The van der Waals surface area contributed by atoms with E-state index < -0.39 is 10.9 Å². The van der Waals surface area contributed by atoms with Gasteiger partial charge in [-0.15, -0.1) is 0 Å². The van der Waals surface area contributed by atoms with Gasteiger partial charge in [0.15, 0.2) is 5.70 Å². The third-order valence-electron chi connectivity index (χ3n) is 4.36. The largest absolute Gasteiger partial charge is 0.507 e. The first-order chi connectivity index (χ1) is 15.4. The molecule has 0 aromatic heterocycles. The highest BCUT2D eigenvalue weighted by atomic mass is 35.5. The number of phenolic OH excluding ortho intramolecular Hbond substituents is 1. The number of esters is 1. The van der Waals surface area contributed by atoms with Crippen LogP contribution in [-0.4, -0.2) is 21.9 Å². The zero-order valence-electron chi connectivity index (χ0n) is 16.2. The Hall–Kier alpha value is -4.37. The van der Waals surface area contributed by atoms with Gasteiger partial charge in [0.2, 0.25) is 5.90 Å². The van der Waals surface area contributed by atoms with Crippen LogP contribution in [0.4, 0.5) is 17.1 Å². The Bertz CT molecular complexity index is 1300. The number of rotatable bonds is 5. The SMILES string of the molecule is O=C1OC(c2ccc(Cl)cc2)=N/C1=C/c1cc(N=Nc2ccc([N+](=O)[O-])cc2)ccc1O. The molecule has 0 amide bonds. The molecule has 0 fully saturated rings. The molecule has 0 saturated carbocycles. The maximum atomic E-state index is 12.2. The monoisotopic (exact) mass is 448 g/mol. The first kappa shape index (κ1) is 20.9. The molecular formula is C22H13ClN4O5. The van der Waals surface area contributed by atoms with Crippen LogP contribution in [0.3, 0.4) is 0 Å². The second-order valence-corrected chi connectivity index (χ2v) is 7.00. The van der Waals surface area contributed by atoms with Crippen LogP contribution in [0, 0.1) is 10.1 Å². The number of azo groups is 1. The Balaban J connectivity index is 1.58. The molecule has 10 heteroatoms. The topological polar surface area (TPSA) is 127 Å². The first-order valence-corrected chi connectivity index (χ1v) is 9.54. The lowest BCUT2D eigenvalue weighted by atomic mass is 10.1. The maximum Gasteiger partial charge on any atom is 0.363 e. The molecule has 32 heavy (non-hydrogen) atoms. The summed E-state index contributed by atoms with van der Waals surface area (Å²) in [5.41, 5.74) is 1.64. The summed E-state index contributed by atoms with van der Waals surface area (Å²) in [4.78, 5) is 26.6. The number of carbonyl (C=O) groups is 1. The van der Waals surface area contributed by atoms with Gasteiger partial charge in [0.05, 0.1) is 16.3 Å². The van der Waals surface area contributed by atoms with Crippen LogP contribution in [0.5, 0.6) is 5.75 Å². The molecule has 0 radical (unpaired) electrons. The Morgan fingerprint density at radius 3 is 2.34 bits per heavy atom. The van der Waals surface area contributed by atoms with Crippen molar-refractivity contribution in [1.29, 1.82) is 0 Å². The fourth-order valence-electron chi connectivity index (χ4n) is 2.75. The molecule has 0 aliphatic carbocycles. The number of aromatic hydroxyl groups is 1. The van der Waals surface area contributed by atoms with Crippen LogP contribution in [0.25, 0.3) is 6.08 Å². The number of ether oxygens (including phenoxy) is 1. The molecule has 0 saturated heterocycles. The normalized spacial score (nSPS) is 14.6. The van der Waals surface area contributed by atoms with Gasteiger partial charge < -0.3 is 9.84 Å². The average molecular weight is 449 g/mol. The minimum Gasteiger partial charge on any atom is -0.507 e. The van der Waals surface area contributed by atoms with Gasteiger partial charge in [0.1, 0.15) is 5.75 Å². The van der Waals surface area contributed by atoms with E-state index in [0.29, 0.717) is 27.5 Å². The predicted octanol–water partition coefficient (Wildman–Crippen LogP) is 5.71. The summed E-state index contributed by atoms with van der Waals surface area (Å²) in [6, 6.07) is 16.7. The van der Waals surface area contributed by atoms with Crippen LogP contribution < -0.4 is 0 Å². The van der Waals surface area contributed by atoms with E-state index >= 15 is 0 Å². The average Bonchev–Trinajstić information content (AvgIpc) is 3.15. The summed E-state index contributed by atoms with van der Waals surface area (Å²) in [5.74, 6) is -0.617. The van der Waals surface area contributed by atoms with Crippen LogP contribution in [0.15, 0.2) is 87.6 Å². The van der Waals surface area contributed by atoms with E-state index in [-0.39, 0.29) is 23.0 Å². The predicted molar refractivity (Wildman–Crippen MR) is 117 cm³/mol. The van der Waals surface area contributed by atoms with E-state index in [2.05, 4.69) is 15.2 Å². The number of halogens is 1. The van der Waals surface area contributed by atoms with Gasteiger partial charge in [0.25, 0.3) is 5.69 Å². The highest BCUT2D eigenvalue weighted by molar-refractivity contribution is 6.30. The number of non-ortho nitro benzene ring substituents is 1. The minimum absolute atomic E-state index is 0.00899. The van der Waals surface area contributed by atoms with Crippen LogP contribution in [-0.2, 0) is 9.53 Å². The summed E-state index contributed by atoms with van der Waals surface area (Å²) in [6.07, 6.45) is 1.38. The minimum atomic E-state index is -0.660. The highest BCUT2D eigenvalue weighted by Crippen LogP contribution is 2.29. The lowest BCUT2D eigenvalue weighted by molar-refractivity contribution is -0.384. The quantitative estimate of drug-likeness (QED) is 0.176. The van der Waals surface area contributed by atoms with Gasteiger partial charge in [-0.1, -0.05) is 11.6 Å². The number of carbonyl (C=O) groups excluding carboxylic acids is 1. The van der Waals surface area contributed by atoms with E-state index in [9.17, 15) is 20.0 Å². The van der Waals surface area contributed by atoms with Gasteiger partial charge in [-0.3, -0.25) is 10.1 Å². The zero-order chi connectivity index (χ0) is 22.7. The van der Waals surface area contributed by atoms with E-state index in [0.717, 1.165) is 0 Å². The second-order valence-electron chi connectivity index (χ2n) is 6.56. The number of benzene rings is 3. The summed E-state index contributed by atoms with van der Waals surface area (Å²) in [7, 11) is 0. The van der Waals surface area contributed by atoms with E-state index in [1.165, 1.54) is 48.5 Å². The fourth-order valence-corrected chi connectivity index (χ4v) is 2.87. The molecule has 9 nitrogen and oxygen atoms in total. The molecule has 1 N–H and O–H groups in total. The fraction of sp³-hybridized carbons (Fsp3) is 0. The number of hydrogen-bond donors (Lipinski definition) is 1. The van der Waals surface area contributed by atoms with E-state index in [1.807, 2.05) is 0 Å². The van der Waals surface area contributed by atoms with Gasteiger partial charge >= 0.3 is 5.97 Å². The molecule has 3 aromatic carbocycles. The smallest absolute Gasteiger partial charge is 0.363 e. The van der Waals surface area contributed by atoms with Crippen molar-refractivity contribution in [3.63, 3.8) is 0 Å². The Kier molecular flexibility index (Phi) is 5.73. The van der Waals surface area contributed by atoms with Gasteiger partial charge in [-0.25, -0.2) is 9.79 Å². The van der Waals surface area contributed by atoms with Gasteiger partial charge in [0, 0.05) is 28.3 Å². The number of aliphatic imine (C=N–C) groups is 1. The van der Waals surface area contributed by atoms with Crippen molar-refractivity contribution in [1.82, 2.24) is 0 Å². The number of hydrogen-bond acceptors (Lipinski definition) is 8. The molecule has 1 aliphatic heterocycles. The molecule has 0 unspecified atom stereocenters. The summed E-state index contributed by atoms with van der Waals surface area (Å²) < 4.78 is 5.20. The molecule has 3 aromatic rings. The Labute approximate surface area is 186 Å². The molecule has 4 rings (SSSR count). The molecular weight excluding hydrogens is 436 g/mol. The molecule has 0 bridgehead atoms. The van der Waals surface area contributed by atoms with Gasteiger partial charge in [-0.2, -0.15) is 10.2 Å². The molecule has 158 valence electrons. The summed E-state index contributed by atoms with van der Waals surface area (Å²) in [5, 5.41) is 29.5. The Morgan fingerprint density at radius 2 is 1.66 bits per heavy atom. The van der Waals surface area contributed by atoms with E-state index in [1.54, 1.807) is 24.3 Å². The number of phenols is 1. The zero-order valence-corrected chi connectivity index (χ0v) is 16.9. The van der Waals surface area contributed by atoms with Crippen LogP contribution in [0.2, 0.25) is 5.02 Å². The number of nitrogens with zero attached hydrogens (tertiary/aromatic N) is 4. The van der Waals surface area contributed by atoms with E-state index in [4.69, 9.17) is 16.3 Å². The number of nitro groups is 1. The second kappa shape index (κ2) is 8.78. The van der Waals surface area contributed by atoms with Crippen molar-refractivity contribution in [3.8, 4) is 5.75 Å². The van der Waals surface area contributed by atoms with Crippen molar-refractivity contribution in [2.45, 2.75) is 0 Å². The lowest BCUT2D eigenvalue weighted by Gasteiger charge is -2.01. The highest BCUT2D eigenvalue weighted by Gasteiger charge is 2.24. The summed E-state index contributed by atoms with van der Waals surface area (Å²) in [6.45, 7) is 0.